The van der Waals surface area contributed by atoms with Gasteiger partial charge >= 0.3 is 0 Å². The summed E-state index contributed by atoms with van der Waals surface area (Å²) < 4.78 is 0. The maximum Gasteiger partial charge on any atom is 0.285 e. The van der Waals surface area contributed by atoms with Crippen molar-refractivity contribution in [3.05, 3.63) is 39.4 Å². The van der Waals surface area contributed by atoms with Crippen LogP contribution in [0.15, 0.2) is 18.2 Å². The molecule has 0 heterocycles. The van der Waals surface area contributed by atoms with Crippen LogP contribution in [0, 0.1) is 17.0 Å². The van der Waals surface area contributed by atoms with E-state index in [0.717, 1.165) is 11.8 Å². The number of hydrogen-bond acceptors (Lipinski definition) is 3. The van der Waals surface area contributed by atoms with Gasteiger partial charge in [0, 0.05) is 16.4 Å². The van der Waals surface area contributed by atoms with E-state index in [1.165, 1.54) is 6.07 Å². The first-order valence-electron chi connectivity index (χ1n) is 5.91. The van der Waals surface area contributed by atoms with Gasteiger partial charge in [-0.3, -0.25) is 14.9 Å². The third kappa shape index (κ3) is 4.02. The summed E-state index contributed by atoms with van der Waals surface area (Å²) in [7, 11) is 0. The molecule has 0 aromatic heterocycles. The molecule has 1 amide bonds. The van der Waals surface area contributed by atoms with Crippen molar-refractivity contribution in [2.45, 2.75) is 32.7 Å². The van der Waals surface area contributed by atoms with Crippen molar-refractivity contribution in [1.82, 2.24) is 5.32 Å². The van der Waals surface area contributed by atoms with Gasteiger partial charge in [0.1, 0.15) is 5.56 Å². The molecule has 1 aromatic carbocycles. The van der Waals surface area contributed by atoms with E-state index in [1.54, 1.807) is 19.1 Å². The Morgan fingerprint density at radius 1 is 1.47 bits per heavy atom. The molecule has 0 aliphatic carbocycles. The number of para-hydroxylation sites is 1. The summed E-state index contributed by atoms with van der Waals surface area (Å²) in [6.07, 6.45) is 0.734. The van der Waals surface area contributed by atoms with Gasteiger partial charge in [-0.1, -0.05) is 28.1 Å². The average Bonchev–Trinajstić information content (AvgIpc) is 2.27. The molecule has 6 heteroatoms. The Morgan fingerprint density at radius 3 is 2.63 bits per heavy atom. The largest absolute Gasteiger partial charge is 0.347 e. The number of nitro groups is 1. The molecule has 0 saturated heterocycles. The smallest absolute Gasteiger partial charge is 0.285 e. The number of carbonyl (C=O) groups is 1. The molecule has 0 bridgehead atoms. The molecule has 1 N–H and O–H groups in total. The number of hydrogen-bond donors (Lipinski definition) is 1. The van der Waals surface area contributed by atoms with Gasteiger partial charge in [-0.25, -0.2) is 0 Å². The van der Waals surface area contributed by atoms with E-state index >= 15 is 0 Å². The molecule has 0 unspecified atom stereocenters. The standard InChI is InChI=1S/C13H17BrN2O3/c1-9-5-4-6-10(11(9)16(18)19)12(17)15-13(2,3)7-8-14/h4-6H,7-8H2,1-3H3,(H,15,17). The van der Waals surface area contributed by atoms with Gasteiger partial charge in [-0.05, 0) is 33.3 Å². The molecule has 0 fully saturated rings. The fraction of sp³-hybridized carbons (Fsp3) is 0.462. The minimum Gasteiger partial charge on any atom is -0.347 e. The number of nitrogens with zero attached hydrogens (tertiary/aromatic N) is 1. The van der Waals surface area contributed by atoms with Crippen LogP contribution in [0.5, 0.6) is 0 Å². The highest BCUT2D eigenvalue weighted by Crippen LogP contribution is 2.23. The van der Waals surface area contributed by atoms with Crippen molar-refractivity contribution < 1.29 is 9.72 Å². The summed E-state index contributed by atoms with van der Waals surface area (Å²) in [6, 6.07) is 4.75. The Bertz CT molecular complexity index is 501. The monoisotopic (exact) mass is 328 g/mol. The van der Waals surface area contributed by atoms with E-state index in [4.69, 9.17) is 0 Å². The SMILES string of the molecule is Cc1cccc(C(=O)NC(C)(C)CCBr)c1[N+](=O)[O-]. The summed E-state index contributed by atoms with van der Waals surface area (Å²) >= 11 is 3.32. The Morgan fingerprint density at radius 2 is 2.11 bits per heavy atom. The minimum absolute atomic E-state index is 0.104. The van der Waals surface area contributed by atoms with E-state index in [9.17, 15) is 14.9 Å². The number of amides is 1. The lowest BCUT2D eigenvalue weighted by Crippen LogP contribution is -2.43. The highest BCUT2D eigenvalue weighted by atomic mass is 79.9. The fourth-order valence-corrected chi connectivity index (χ4v) is 2.75. The lowest BCUT2D eigenvalue weighted by atomic mass is 10.0. The van der Waals surface area contributed by atoms with Crippen LogP contribution in [-0.2, 0) is 0 Å². The highest BCUT2D eigenvalue weighted by Gasteiger charge is 2.26. The molecule has 0 aliphatic heterocycles. The van der Waals surface area contributed by atoms with Crippen molar-refractivity contribution in [2.75, 3.05) is 5.33 Å². The first kappa shape index (κ1) is 15.6. The second-order valence-corrected chi connectivity index (χ2v) is 5.80. The Labute approximate surface area is 120 Å². The van der Waals surface area contributed by atoms with E-state index < -0.39 is 16.4 Å². The number of benzene rings is 1. The van der Waals surface area contributed by atoms with E-state index in [1.807, 2.05) is 13.8 Å². The van der Waals surface area contributed by atoms with Crippen LogP contribution in [0.4, 0.5) is 5.69 Å². The topological polar surface area (TPSA) is 72.2 Å². The molecule has 1 rings (SSSR count). The van der Waals surface area contributed by atoms with Crippen LogP contribution >= 0.6 is 15.9 Å². The molecule has 0 spiro atoms. The van der Waals surface area contributed by atoms with Gasteiger partial charge in [-0.2, -0.15) is 0 Å². The zero-order valence-corrected chi connectivity index (χ0v) is 12.8. The molecule has 5 nitrogen and oxygen atoms in total. The van der Waals surface area contributed by atoms with Crippen LogP contribution in [-0.4, -0.2) is 21.7 Å². The molecule has 104 valence electrons. The predicted molar refractivity (Wildman–Crippen MR) is 77.8 cm³/mol. The van der Waals surface area contributed by atoms with Crippen LogP contribution in [0.3, 0.4) is 0 Å². The van der Waals surface area contributed by atoms with Crippen LogP contribution < -0.4 is 5.32 Å². The quantitative estimate of drug-likeness (QED) is 0.512. The third-order valence-corrected chi connectivity index (χ3v) is 3.23. The second kappa shape index (κ2) is 6.14. The van der Waals surface area contributed by atoms with Crippen molar-refractivity contribution in [1.29, 1.82) is 0 Å². The lowest BCUT2D eigenvalue weighted by molar-refractivity contribution is -0.385. The Kier molecular flexibility index (Phi) is 5.05. The van der Waals surface area contributed by atoms with Crippen LogP contribution in [0.1, 0.15) is 36.2 Å². The van der Waals surface area contributed by atoms with Gasteiger partial charge in [0.2, 0.25) is 0 Å². The molecule has 0 saturated carbocycles. The van der Waals surface area contributed by atoms with Crippen molar-refractivity contribution in [2.24, 2.45) is 0 Å². The maximum atomic E-state index is 12.2. The van der Waals surface area contributed by atoms with Gasteiger partial charge in [0.15, 0.2) is 0 Å². The molecular formula is C13H17BrN2O3. The molecular weight excluding hydrogens is 312 g/mol. The molecule has 1 aromatic rings. The maximum absolute atomic E-state index is 12.2. The number of rotatable bonds is 5. The zero-order chi connectivity index (χ0) is 14.6. The second-order valence-electron chi connectivity index (χ2n) is 5.01. The average molecular weight is 329 g/mol. The number of carbonyl (C=O) groups excluding carboxylic acids is 1. The van der Waals surface area contributed by atoms with E-state index in [0.29, 0.717) is 5.56 Å². The number of halogens is 1. The van der Waals surface area contributed by atoms with Crippen molar-refractivity contribution in [3.8, 4) is 0 Å². The van der Waals surface area contributed by atoms with Gasteiger partial charge in [0.25, 0.3) is 11.6 Å². The van der Waals surface area contributed by atoms with E-state index in [2.05, 4.69) is 21.2 Å². The van der Waals surface area contributed by atoms with Crippen LogP contribution in [0.2, 0.25) is 0 Å². The van der Waals surface area contributed by atoms with Gasteiger partial charge in [-0.15, -0.1) is 0 Å². The molecule has 0 aliphatic rings. The summed E-state index contributed by atoms with van der Waals surface area (Å²) in [4.78, 5) is 22.7. The number of alkyl halides is 1. The number of aryl methyl sites for hydroxylation is 1. The zero-order valence-electron chi connectivity index (χ0n) is 11.2. The first-order valence-corrected chi connectivity index (χ1v) is 7.03. The highest BCUT2D eigenvalue weighted by molar-refractivity contribution is 9.09. The summed E-state index contributed by atoms with van der Waals surface area (Å²) in [5.74, 6) is -0.415. The third-order valence-electron chi connectivity index (χ3n) is 2.84. The normalized spacial score (nSPS) is 11.2. The van der Waals surface area contributed by atoms with Crippen molar-refractivity contribution in [3.63, 3.8) is 0 Å². The van der Waals surface area contributed by atoms with E-state index in [-0.39, 0.29) is 11.3 Å². The number of nitro benzene ring substituents is 1. The summed E-state index contributed by atoms with van der Waals surface area (Å²) in [6.45, 7) is 5.39. The van der Waals surface area contributed by atoms with Gasteiger partial charge < -0.3 is 5.32 Å². The molecule has 19 heavy (non-hydrogen) atoms. The predicted octanol–water partition coefficient (Wildman–Crippen LogP) is 3.20. The molecule has 0 radical (unpaired) electrons. The molecule has 0 atom stereocenters. The van der Waals surface area contributed by atoms with Gasteiger partial charge in [0.05, 0.1) is 4.92 Å². The minimum atomic E-state index is -0.512. The number of nitrogens with one attached hydrogen (secondary N) is 1. The fourth-order valence-electron chi connectivity index (χ4n) is 1.76. The van der Waals surface area contributed by atoms with Crippen molar-refractivity contribution >= 4 is 27.5 Å². The summed E-state index contributed by atoms with van der Waals surface area (Å²) in [5, 5.41) is 14.6. The lowest BCUT2D eigenvalue weighted by Gasteiger charge is -2.25. The van der Waals surface area contributed by atoms with Crippen LogP contribution in [0.25, 0.3) is 0 Å². The Balaban J connectivity index is 3.07. The first-order chi connectivity index (χ1) is 8.78. The Hall–Kier alpha value is -1.43. The summed E-state index contributed by atoms with van der Waals surface area (Å²) in [5.41, 5.74) is 0.0382.